The van der Waals surface area contributed by atoms with Crippen LogP contribution in [0.25, 0.3) is 0 Å². The van der Waals surface area contributed by atoms with Crippen LogP contribution in [0.1, 0.15) is 31.9 Å². The number of halogens is 3. The molecule has 0 spiro atoms. The Balaban J connectivity index is 1.83. The maximum absolute atomic E-state index is 14.5. The maximum atomic E-state index is 14.5. The number of carbonyl (C=O) groups excluding carboxylic acids is 2. The lowest BCUT2D eigenvalue weighted by molar-refractivity contribution is -0.140. The largest absolute Gasteiger partial charge is 0.350 e. The summed E-state index contributed by atoms with van der Waals surface area (Å²) in [5.74, 6) is -0.973. The predicted octanol–water partition coefficient (Wildman–Crippen LogP) is 7.51. The number of nitrogens with one attached hydrogen (secondary N) is 1. The molecule has 0 bridgehead atoms. The van der Waals surface area contributed by atoms with E-state index < -0.39 is 34.1 Å². The van der Waals surface area contributed by atoms with Gasteiger partial charge in [-0.05, 0) is 80.4 Å². The minimum atomic E-state index is -4.19. The van der Waals surface area contributed by atoms with Crippen LogP contribution >= 0.6 is 39.1 Å². The van der Waals surface area contributed by atoms with Crippen molar-refractivity contribution in [2.24, 2.45) is 0 Å². The first-order valence-electron chi connectivity index (χ1n) is 14.2. The normalized spacial score (nSPS) is 12.3. The van der Waals surface area contributed by atoms with E-state index in [1.165, 1.54) is 17.0 Å². The Hall–Kier alpha value is -3.37. The third kappa shape index (κ3) is 9.33. The quantitative estimate of drug-likeness (QED) is 0.173. The van der Waals surface area contributed by atoms with Crippen molar-refractivity contribution in [3.8, 4) is 0 Å². The molecule has 4 aromatic rings. The highest BCUT2D eigenvalue weighted by atomic mass is 79.9. The fraction of sp³-hybridized carbons (Fsp3) is 0.235. The average Bonchev–Trinajstić information content (AvgIpc) is 2.99. The molecule has 0 radical (unpaired) electrons. The molecule has 0 aliphatic rings. The van der Waals surface area contributed by atoms with Crippen LogP contribution in [0.2, 0.25) is 10.0 Å². The highest BCUT2D eigenvalue weighted by Gasteiger charge is 2.35. The summed E-state index contributed by atoms with van der Waals surface area (Å²) in [5.41, 5.74) is 1.07. The van der Waals surface area contributed by atoms with E-state index in [1.54, 1.807) is 60.7 Å². The van der Waals surface area contributed by atoms with E-state index in [1.807, 2.05) is 51.1 Å². The van der Waals surface area contributed by atoms with E-state index in [9.17, 15) is 18.0 Å². The monoisotopic (exact) mass is 729 g/mol. The van der Waals surface area contributed by atoms with Crippen molar-refractivity contribution in [3.05, 3.63) is 129 Å². The van der Waals surface area contributed by atoms with Crippen molar-refractivity contribution in [2.45, 2.75) is 50.2 Å². The Bertz CT molecular complexity index is 1730. The van der Waals surface area contributed by atoms with Gasteiger partial charge in [0.2, 0.25) is 11.8 Å². The summed E-state index contributed by atoms with van der Waals surface area (Å²) in [4.78, 5) is 29.9. The number of hydrogen-bond donors (Lipinski definition) is 1. The Labute approximate surface area is 283 Å². The average molecular weight is 732 g/mol. The molecule has 0 aliphatic heterocycles. The standard InChI is InChI=1S/C34H34BrCl2N3O4S/c1-34(2,3)38-33(42)31(20-24-10-6-4-7-11-24)39(22-25-14-17-27(36)21-30(25)37)32(41)23-40(28-18-15-26(35)16-19-28)45(43,44)29-12-8-5-9-13-29/h4-19,21,31H,20,22-23H2,1-3H3,(H,38,42)/t31-/m0/s1. The van der Waals surface area contributed by atoms with E-state index >= 15 is 0 Å². The van der Waals surface area contributed by atoms with Crippen molar-refractivity contribution in [1.29, 1.82) is 0 Å². The minimum absolute atomic E-state index is 0.0272. The molecule has 0 unspecified atom stereocenters. The number of carbonyl (C=O) groups is 2. The molecule has 4 rings (SSSR count). The van der Waals surface area contributed by atoms with Gasteiger partial charge in [-0.15, -0.1) is 0 Å². The van der Waals surface area contributed by atoms with Gasteiger partial charge in [0.15, 0.2) is 0 Å². The van der Waals surface area contributed by atoms with Gasteiger partial charge < -0.3 is 10.2 Å². The lowest BCUT2D eigenvalue weighted by Crippen LogP contribution is -2.56. The molecule has 0 aliphatic carbocycles. The zero-order valence-corrected chi connectivity index (χ0v) is 29.0. The second-order valence-electron chi connectivity index (χ2n) is 11.5. The molecule has 11 heteroatoms. The molecule has 1 atom stereocenters. The minimum Gasteiger partial charge on any atom is -0.350 e. The van der Waals surface area contributed by atoms with Gasteiger partial charge in [0.05, 0.1) is 10.6 Å². The lowest BCUT2D eigenvalue weighted by atomic mass is 10.0. The zero-order chi connectivity index (χ0) is 32.8. The summed E-state index contributed by atoms with van der Waals surface area (Å²) in [6, 6.07) is 27.8. The topological polar surface area (TPSA) is 86.8 Å². The first-order valence-corrected chi connectivity index (χ1v) is 17.2. The molecule has 0 saturated carbocycles. The van der Waals surface area contributed by atoms with Gasteiger partial charge in [-0.2, -0.15) is 0 Å². The molecule has 45 heavy (non-hydrogen) atoms. The Morgan fingerprint density at radius 3 is 2.04 bits per heavy atom. The van der Waals surface area contributed by atoms with E-state index in [-0.39, 0.29) is 23.8 Å². The summed E-state index contributed by atoms with van der Waals surface area (Å²) in [6.07, 6.45) is 0.184. The number of rotatable bonds is 11. The smallest absolute Gasteiger partial charge is 0.264 e. The van der Waals surface area contributed by atoms with Crippen LogP contribution in [0.5, 0.6) is 0 Å². The molecule has 1 N–H and O–H groups in total. The van der Waals surface area contributed by atoms with Crippen LogP contribution in [0.4, 0.5) is 5.69 Å². The second kappa shape index (κ2) is 14.8. The lowest BCUT2D eigenvalue weighted by Gasteiger charge is -2.35. The second-order valence-corrected chi connectivity index (χ2v) is 15.1. The van der Waals surface area contributed by atoms with E-state index in [0.717, 1.165) is 14.3 Å². The van der Waals surface area contributed by atoms with Crippen molar-refractivity contribution in [2.75, 3.05) is 10.8 Å². The molecular weight excluding hydrogens is 697 g/mol. The van der Waals surface area contributed by atoms with Crippen LogP contribution in [0, 0.1) is 0 Å². The maximum Gasteiger partial charge on any atom is 0.264 e. The van der Waals surface area contributed by atoms with Gasteiger partial charge in [0.25, 0.3) is 10.0 Å². The van der Waals surface area contributed by atoms with E-state index in [4.69, 9.17) is 23.2 Å². The summed E-state index contributed by atoms with van der Waals surface area (Å²) in [6.45, 7) is 4.93. The fourth-order valence-electron chi connectivity index (χ4n) is 4.70. The van der Waals surface area contributed by atoms with Crippen LogP contribution in [0.15, 0.2) is 112 Å². The summed E-state index contributed by atoms with van der Waals surface area (Å²) >= 11 is 16.1. The molecule has 236 valence electrons. The van der Waals surface area contributed by atoms with E-state index in [0.29, 0.717) is 21.3 Å². The van der Waals surface area contributed by atoms with Crippen LogP contribution < -0.4 is 9.62 Å². The summed E-state index contributed by atoms with van der Waals surface area (Å²) < 4.78 is 29.9. The summed E-state index contributed by atoms with van der Waals surface area (Å²) in [5, 5.41) is 3.74. The highest BCUT2D eigenvalue weighted by Crippen LogP contribution is 2.28. The molecule has 0 aromatic heterocycles. The van der Waals surface area contributed by atoms with Crippen molar-refractivity contribution >= 4 is 66.7 Å². The zero-order valence-electron chi connectivity index (χ0n) is 25.1. The van der Waals surface area contributed by atoms with Crippen molar-refractivity contribution in [1.82, 2.24) is 10.2 Å². The summed E-state index contributed by atoms with van der Waals surface area (Å²) in [7, 11) is -4.19. The third-order valence-corrected chi connectivity index (χ3v) is 9.75. The van der Waals surface area contributed by atoms with Gasteiger partial charge in [0, 0.05) is 33.0 Å². The number of hydrogen-bond acceptors (Lipinski definition) is 4. The highest BCUT2D eigenvalue weighted by molar-refractivity contribution is 9.10. The van der Waals surface area contributed by atoms with Crippen LogP contribution in [-0.2, 0) is 32.6 Å². The third-order valence-electron chi connectivity index (χ3n) is 6.85. The Morgan fingerprint density at radius 2 is 1.47 bits per heavy atom. The van der Waals surface area contributed by atoms with Crippen molar-refractivity contribution in [3.63, 3.8) is 0 Å². The molecule has 7 nitrogen and oxygen atoms in total. The fourth-order valence-corrected chi connectivity index (χ4v) is 6.86. The van der Waals surface area contributed by atoms with Gasteiger partial charge in [-0.25, -0.2) is 8.42 Å². The molecule has 2 amide bonds. The van der Waals surface area contributed by atoms with Gasteiger partial charge in [-0.1, -0.05) is 93.7 Å². The molecule has 0 fully saturated rings. The first-order chi connectivity index (χ1) is 21.2. The molecule has 0 heterocycles. The number of anilines is 1. The van der Waals surface area contributed by atoms with Gasteiger partial charge >= 0.3 is 0 Å². The Kier molecular flexibility index (Phi) is 11.4. The molecular formula is C34H34BrCl2N3O4S. The van der Waals surface area contributed by atoms with Gasteiger partial charge in [-0.3, -0.25) is 13.9 Å². The first kappa shape index (κ1) is 34.5. The van der Waals surface area contributed by atoms with Crippen LogP contribution in [-0.4, -0.2) is 43.3 Å². The molecule has 4 aromatic carbocycles. The SMILES string of the molecule is CC(C)(C)NC(=O)[C@H](Cc1ccccc1)N(Cc1ccc(Cl)cc1Cl)C(=O)CN(c1ccc(Br)cc1)S(=O)(=O)c1ccccc1. The van der Waals surface area contributed by atoms with Crippen molar-refractivity contribution < 1.29 is 18.0 Å². The number of sulfonamides is 1. The predicted molar refractivity (Wildman–Crippen MR) is 184 cm³/mol. The van der Waals surface area contributed by atoms with E-state index in [2.05, 4.69) is 21.2 Å². The number of amides is 2. The molecule has 0 saturated heterocycles. The number of benzene rings is 4. The number of nitrogens with zero attached hydrogens (tertiary/aromatic N) is 2. The van der Waals surface area contributed by atoms with Crippen LogP contribution in [0.3, 0.4) is 0 Å². The Morgan fingerprint density at radius 1 is 0.867 bits per heavy atom. The van der Waals surface area contributed by atoms with Gasteiger partial charge in [0.1, 0.15) is 12.6 Å².